The van der Waals surface area contributed by atoms with E-state index in [1.807, 2.05) is 0 Å². The number of anilines is 1. The maximum atomic E-state index is 12.4. The predicted octanol–water partition coefficient (Wildman–Crippen LogP) is 4.29. The van der Waals surface area contributed by atoms with Gasteiger partial charge in [0.15, 0.2) is 0 Å². The minimum Gasteiger partial charge on any atom is -0.506 e. The molecule has 0 atom stereocenters. The molecule has 1 aliphatic carbocycles. The highest BCUT2D eigenvalue weighted by Gasteiger charge is 2.23. The van der Waals surface area contributed by atoms with Gasteiger partial charge in [-0.15, -0.1) is 0 Å². The summed E-state index contributed by atoms with van der Waals surface area (Å²) in [5.74, 6) is -0.419. The Hall–Kier alpha value is -2.96. The lowest BCUT2D eigenvalue weighted by molar-refractivity contribution is -0.111. The van der Waals surface area contributed by atoms with Crippen molar-refractivity contribution in [3.8, 4) is 11.5 Å². The normalized spacial score (nSPS) is 15.9. The van der Waals surface area contributed by atoms with Crippen LogP contribution in [0.5, 0.6) is 11.5 Å². The zero-order chi connectivity index (χ0) is 19.7. The lowest BCUT2D eigenvalue weighted by atomic mass is 9.97. The largest absolute Gasteiger partial charge is 0.506 e. The number of phenolic OH excluding ortho intramolecular Hbond substituents is 2. The van der Waals surface area contributed by atoms with Crippen LogP contribution in [0.3, 0.4) is 0 Å². The van der Waals surface area contributed by atoms with Gasteiger partial charge >= 0.3 is 0 Å². The van der Waals surface area contributed by atoms with Gasteiger partial charge < -0.3 is 21.3 Å². The summed E-state index contributed by atoms with van der Waals surface area (Å²) in [5, 5.41) is 22.4. The molecule has 0 saturated heterocycles. The first-order valence-electron chi connectivity index (χ1n) is 7.82. The standard InChI is InChI=1S/C19H15Cl2N3O3/c1-9-18(23-10-2-4-15(25)12(20)6-10)14(22)8-17(27)19(9)24-11-3-5-16(26)13(21)7-11/h2-8,24-26H,22H2,1H3. The molecule has 3 rings (SSSR count). The predicted molar refractivity (Wildman–Crippen MR) is 107 cm³/mol. The third kappa shape index (κ3) is 3.92. The average molecular weight is 404 g/mol. The fourth-order valence-electron chi connectivity index (χ4n) is 2.53. The highest BCUT2D eigenvalue weighted by Crippen LogP contribution is 2.31. The van der Waals surface area contributed by atoms with Crippen LogP contribution < -0.4 is 11.1 Å². The number of halogens is 2. The van der Waals surface area contributed by atoms with Crippen molar-refractivity contribution in [2.24, 2.45) is 10.7 Å². The van der Waals surface area contributed by atoms with Crippen molar-refractivity contribution in [2.75, 3.05) is 5.32 Å². The Balaban J connectivity index is 2.02. The van der Waals surface area contributed by atoms with Crippen LogP contribution >= 0.6 is 23.2 Å². The number of hydrogen-bond acceptors (Lipinski definition) is 6. The molecule has 2 aromatic rings. The topological polar surface area (TPSA) is 108 Å². The fraction of sp³-hybridized carbons (Fsp3) is 0.0526. The molecular formula is C19H15Cl2N3O3. The summed E-state index contributed by atoms with van der Waals surface area (Å²) in [5.41, 5.74) is 8.44. The van der Waals surface area contributed by atoms with E-state index in [1.165, 1.54) is 30.3 Å². The number of aromatic hydroxyl groups is 2. The van der Waals surface area contributed by atoms with E-state index in [9.17, 15) is 15.0 Å². The molecule has 0 amide bonds. The van der Waals surface area contributed by atoms with Crippen LogP contribution in [0.25, 0.3) is 0 Å². The Labute approximate surface area is 165 Å². The summed E-state index contributed by atoms with van der Waals surface area (Å²) < 4.78 is 0. The quantitative estimate of drug-likeness (QED) is 0.451. The second-order valence-electron chi connectivity index (χ2n) is 5.85. The molecule has 0 fully saturated rings. The van der Waals surface area contributed by atoms with E-state index in [0.29, 0.717) is 22.7 Å². The Morgan fingerprint density at radius 2 is 1.67 bits per heavy atom. The van der Waals surface area contributed by atoms with E-state index in [-0.39, 0.29) is 38.7 Å². The van der Waals surface area contributed by atoms with E-state index in [2.05, 4.69) is 10.3 Å². The van der Waals surface area contributed by atoms with Crippen molar-refractivity contribution in [3.63, 3.8) is 0 Å². The van der Waals surface area contributed by atoms with Crippen LogP contribution in [0.4, 0.5) is 11.4 Å². The molecule has 0 bridgehead atoms. The van der Waals surface area contributed by atoms with Crippen LogP contribution in [0.15, 0.2) is 64.4 Å². The number of aliphatic imine (C=N–C) groups is 1. The Morgan fingerprint density at radius 1 is 1.04 bits per heavy atom. The van der Waals surface area contributed by atoms with Gasteiger partial charge in [-0.25, -0.2) is 4.99 Å². The number of ketones is 1. The summed E-state index contributed by atoms with van der Waals surface area (Å²) in [6, 6.07) is 9.01. The van der Waals surface area contributed by atoms with Crippen LogP contribution in [-0.2, 0) is 4.79 Å². The van der Waals surface area contributed by atoms with Crippen molar-refractivity contribution in [1.82, 2.24) is 0 Å². The third-order valence-corrected chi connectivity index (χ3v) is 4.53. The number of carbonyl (C=O) groups excluding carboxylic acids is 1. The number of carbonyl (C=O) groups is 1. The summed E-state index contributed by atoms with van der Waals surface area (Å²) in [6.45, 7) is 1.71. The van der Waals surface area contributed by atoms with Gasteiger partial charge in [0.1, 0.15) is 11.5 Å². The molecule has 0 unspecified atom stereocenters. The van der Waals surface area contributed by atoms with Crippen molar-refractivity contribution in [3.05, 3.63) is 69.5 Å². The zero-order valence-electron chi connectivity index (χ0n) is 14.1. The number of nitrogens with one attached hydrogen (secondary N) is 1. The molecule has 2 aromatic carbocycles. The van der Waals surface area contributed by atoms with Gasteiger partial charge in [-0.05, 0) is 43.3 Å². The molecule has 8 heteroatoms. The number of hydrogen-bond donors (Lipinski definition) is 4. The molecule has 27 heavy (non-hydrogen) atoms. The number of nitrogens with zero attached hydrogens (tertiary/aromatic N) is 1. The lowest BCUT2D eigenvalue weighted by Gasteiger charge is -2.19. The Bertz CT molecular complexity index is 1040. The maximum absolute atomic E-state index is 12.4. The molecule has 6 nitrogen and oxygen atoms in total. The first-order valence-corrected chi connectivity index (χ1v) is 8.57. The molecule has 5 N–H and O–H groups in total. The summed E-state index contributed by atoms with van der Waals surface area (Å²) in [6.07, 6.45) is 1.28. The molecule has 138 valence electrons. The van der Waals surface area contributed by atoms with Crippen LogP contribution in [0, 0.1) is 0 Å². The molecule has 0 aromatic heterocycles. The average Bonchev–Trinajstić information content (AvgIpc) is 2.61. The van der Waals surface area contributed by atoms with E-state index >= 15 is 0 Å². The van der Waals surface area contributed by atoms with Crippen molar-refractivity contribution < 1.29 is 15.0 Å². The minimum atomic E-state index is -0.308. The van der Waals surface area contributed by atoms with Gasteiger partial charge in [-0.1, -0.05) is 23.2 Å². The second kappa shape index (κ2) is 7.34. The number of nitrogens with two attached hydrogens (primary N) is 1. The van der Waals surface area contributed by atoms with Gasteiger partial charge in [0.05, 0.1) is 32.8 Å². The molecular weight excluding hydrogens is 389 g/mol. The van der Waals surface area contributed by atoms with E-state index in [0.717, 1.165) is 0 Å². The van der Waals surface area contributed by atoms with Crippen LogP contribution in [0.2, 0.25) is 10.0 Å². The molecule has 0 heterocycles. The summed E-state index contributed by atoms with van der Waals surface area (Å²) >= 11 is 11.8. The summed E-state index contributed by atoms with van der Waals surface area (Å²) in [4.78, 5) is 16.9. The van der Waals surface area contributed by atoms with E-state index in [4.69, 9.17) is 28.9 Å². The number of phenols is 2. The fourth-order valence-corrected chi connectivity index (χ4v) is 2.88. The number of allylic oxidation sites excluding steroid dienone is 2. The smallest absolute Gasteiger partial charge is 0.204 e. The van der Waals surface area contributed by atoms with Gasteiger partial charge in [0, 0.05) is 17.3 Å². The lowest BCUT2D eigenvalue weighted by Crippen LogP contribution is -2.26. The first-order chi connectivity index (χ1) is 12.8. The number of rotatable bonds is 3. The van der Waals surface area contributed by atoms with Gasteiger partial charge in [-0.3, -0.25) is 4.79 Å². The molecule has 0 spiro atoms. The maximum Gasteiger partial charge on any atom is 0.204 e. The third-order valence-electron chi connectivity index (χ3n) is 3.93. The Kier molecular flexibility index (Phi) is 5.12. The van der Waals surface area contributed by atoms with Gasteiger partial charge in [0.25, 0.3) is 0 Å². The molecule has 0 aliphatic heterocycles. The van der Waals surface area contributed by atoms with Gasteiger partial charge in [-0.2, -0.15) is 0 Å². The molecule has 0 saturated carbocycles. The van der Waals surface area contributed by atoms with Crippen molar-refractivity contribution in [2.45, 2.75) is 6.92 Å². The highest BCUT2D eigenvalue weighted by molar-refractivity contribution is 6.32. The zero-order valence-corrected chi connectivity index (χ0v) is 15.6. The van der Waals surface area contributed by atoms with Crippen molar-refractivity contribution in [1.29, 1.82) is 0 Å². The second-order valence-corrected chi connectivity index (χ2v) is 6.67. The first kappa shape index (κ1) is 18.8. The number of benzene rings is 2. The highest BCUT2D eigenvalue weighted by atomic mass is 35.5. The summed E-state index contributed by atoms with van der Waals surface area (Å²) in [7, 11) is 0. The van der Waals surface area contributed by atoms with E-state index in [1.54, 1.807) is 19.1 Å². The minimum absolute atomic E-state index is 0.0539. The Morgan fingerprint density at radius 3 is 2.30 bits per heavy atom. The monoisotopic (exact) mass is 403 g/mol. The van der Waals surface area contributed by atoms with Crippen LogP contribution in [-0.4, -0.2) is 21.7 Å². The SMILES string of the molecule is CC1=C(Nc2ccc(O)c(Cl)c2)C(=O)C=C(N)C1=Nc1ccc(O)c(Cl)c1. The molecule has 0 radical (unpaired) electrons. The molecule has 1 aliphatic rings. The van der Waals surface area contributed by atoms with Crippen molar-refractivity contribution >= 4 is 46.1 Å². The van der Waals surface area contributed by atoms with Crippen LogP contribution in [0.1, 0.15) is 6.92 Å². The van der Waals surface area contributed by atoms with Gasteiger partial charge in [0.2, 0.25) is 5.78 Å². The van der Waals surface area contributed by atoms with E-state index < -0.39 is 0 Å².